The van der Waals surface area contributed by atoms with Gasteiger partial charge in [0.1, 0.15) is 5.82 Å². The Morgan fingerprint density at radius 3 is 2.26 bits per heavy atom. The molecular weight excluding hydrogens is 579 g/mol. The fraction of sp³-hybridized carbons (Fsp3) is 0.130. The number of anilines is 2. The molecule has 0 saturated carbocycles. The molecule has 2 N–H and O–H groups in total. The fourth-order valence-corrected chi connectivity index (χ4v) is 6.21. The van der Waals surface area contributed by atoms with Crippen LogP contribution in [0.15, 0.2) is 70.1 Å². The predicted molar refractivity (Wildman–Crippen MR) is 141 cm³/mol. The van der Waals surface area contributed by atoms with Crippen molar-refractivity contribution in [2.24, 2.45) is 4.36 Å². The Kier molecular flexibility index (Phi) is 9.01. The predicted octanol–water partition coefficient (Wildman–Crippen LogP) is 5.66. The number of hydrogen-bond donors (Lipinski definition) is 2. The third-order valence-corrected chi connectivity index (χ3v) is 8.26. The molecule has 0 aliphatic heterocycles. The minimum absolute atomic E-state index is 0.125. The second kappa shape index (κ2) is 11.8. The number of carbonyl (C=O) groups is 3. The van der Waals surface area contributed by atoms with Gasteiger partial charge in [0.2, 0.25) is 0 Å². The molecule has 0 radical (unpaired) electrons. The van der Waals surface area contributed by atoms with E-state index in [-0.39, 0.29) is 28.4 Å². The van der Waals surface area contributed by atoms with Gasteiger partial charge in [-0.15, -0.1) is 0 Å². The zero-order valence-electron chi connectivity index (χ0n) is 18.3. The first-order chi connectivity index (χ1) is 16.6. The Morgan fingerprint density at radius 1 is 0.971 bits per heavy atom. The molecule has 0 fully saturated rings. The van der Waals surface area contributed by atoms with E-state index in [2.05, 4.69) is 35.9 Å². The van der Waals surface area contributed by atoms with E-state index in [9.17, 15) is 18.6 Å². The molecule has 3 rings (SSSR count). The molecular formula is C23H19BrCl2N4O4S. The molecule has 1 unspecified atom stereocenters. The second-order valence-electron chi connectivity index (χ2n) is 7.13. The Morgan fingerprint density at radius 2 is 1.66 bits per heavy atom. The van der Waals surface area contributed by atoms with E-state index in [0.717, 1.165) is 0 Å². The largest absolute Gasteiger partial charge is 0.321 e. The van der Waals surface area contributed by atoms with E-state index in [1.165, 1.54) is 61.7 Å². The van der Waals surface area contributed by atoms with Crippen molar-refractivity contribution in [1.29, 1.82) is 0 Å². The molecule has 35 heavy (non-hydrogen) atoms. The average molecular weight is 598 g/mol. The van der Waals surface area contributed by atoms with Crippen LogP contribution in [0.25, 0.3) is 0 Å². The number of aromatic nitrogens is 1. The standard InChI is InChI=1S/C23H19BrCl2N4O4S/c1-14(31)30-35(34,11-10-24)18-6-2-15(3-7-18)22(32)28-20-8-4-16(25)12-19(20)23(33)29-21-9-5-17(26)13-27-21/h2-9,12-13H,10-11H2,1H3,(H,28,32)(H,27,29,33). The van der Waals surface area contributed by atoms with Gasteiger partial charge in [-0.05, 0) is 54.6 Å². The number of nitrogens with one attached hydrogen (secondary N) is 2. The summed E-state index contributed by atoms with van der Waals surface area (Å²) < 4.78 is 16.9. The minimum atomic E-state index is -2.96. The highest BCUT2D eigenvalue weighted by atomic mass is 79.9. The zero-order chi connectivity index (χ0) is 25.6. The first kappa shape index (κ1) is 26.8. The molecule has 3 aromatic rings. The summed E-state index contributed by atoms with van der Waals surface area (Å²) in [4.78, 5) is 41.5. The van der Waals surface area contributed by atoms with Crippen LogP contribution in [0, 0.1) is 0 Å². The van der Waals surface area contributed by atoms with Gasteiger partial charge >= 0.3 is 0 Å². The molecule has 1 aromatic heterocycles. The second-order valence-corrected chi connectivity index (χ2v) is 11.1. The highest BCUT2D eigenvalue weighted by Gasteiger charge is 2.18. The lowest BCUT2D eigenvalue weighted by molar-refractivity contribution is -0.115. The molecule has 0 bridgehead atoms. The van der Waals surface area contributed by atoms with Crippen molar-refractivity contribution in [2.45, 2.75) is 11.8 Å². The molecule has 1 atom stereocenters. The zero-order valence-corrected chi connectivity index (χ0v) is 22.2. The van der Waals surface area contributed by atoms with Crippen LogP contribution in [0.2, 0.25) is 10.0 Å². The number of rotatable bonds is 7. The molecule has 1 heterocycles. The quantitative estimate of drug-likeness (QED) is 0.341. The number of nitrogens with zero attached hydrogens (tertiary/aromatic N) is 2. The maximum absolute atomic E-state index is 13.1. The fourth-order valence-electron chi connectivity index (χ4n) is 2.99. The first-order valence-corrected chi connectivity index (χ1v) is 13.6. The number of hydrogen-bond acceptors (Lipinski definition) is 5. The van der Waals surface area contributed by atoms with Crippen LogP contribution in [0.4, 0.5) is 11.5 Å². The van der Waals surface area contributed by atoms with Gasteiger partial charge in [0.05, 0.1) is 26.0 Å². The van der Waals surface area contributed by atoms with Crippen molar-refractivity contribution in [3.63, 3.8) is 0 Å². The maximum atomic E-state index is 13.1. The van der Waals surface area contributed by atoms with Crippen LogP contribution in [-0.2, 0) is 14.5 Å². The van der Waals surface area contributed by atoms with Crippen LogP contribution in [0.1, 0.15) is 27.6 Å². The normalized spacial score (nSPS) is 12.3. The average Bonchev–Trinajstić information content (AvgIpc) is 2.81. The summed E-state index contributed by atoms with van der Waals surface area (Å²) in [6, 6.07) is 13.5. The summed E-state index contributed by atoms with van der Waals surface area (Å²) in [5.41, 5.74) is 0.599. The van der Waals surface area contributed by atoms with Gasteiger partial charge in [-0.1, -0.05) is 39.1 Å². The van der Waals surface area contributed by atoms with E-state index in [1.54, 1.807) is 6.07 Å². The number of benzene rings is 2. The molecule has 12 heteroatoms. The van der Waals surface area contributed by atoms with Crippen LogP contribution < -0.4 is 10.6 Å². The minimum Gasteiger partial charge on any atom is -0.321 e. The Labute approximate surface area is 220 Å². The molecule has 0 saturated heterocycles. The van der Waals surface area contributed by atoms with Crippen molar-refractivity contribution in [3.8, 4) is 0 Å². The third-order valence-electron chi connectivity index (χ3n) is 4.56. The van der Waals surface area contributed by atoms with E-state index in [4.69, 9.17) is 23.2 Å². The van der Waals surface area contributed by atoms with Gasteiger partial charge in [0.25, 0.3) is 17.7 Å². The van der Waals surface area contributed by atoms with Gasteiger partial charge in [-0.3, -0.25) is 14.4 Å². The highest BCUT2D eigenvalue weighted by molar-refractivity contribution is 9.09. The molecule has 182 valence electrons. The van der Waals surface area contributed by atoms with Crippen molar-refractivity contribution in [2.75, 3.05) is 21.7 Å². The SMILES string of the molecule is CC(=O)N=S(=O)(CCBr)c1ccc(C(=O)Nc2ccc(Cl)cc2C(=O)Nc2ccc(Cl)cn2)cc1. The van der Waals surface area contributed by atoms with Crippen molar-refractivity contribution < 1.29 is 18.6 Å². The number of amides is 3. The van der Waals surface area contributed by atoms with Gasteiger partial charge in [0.15, 0.2) is 0 Å². The van der Waals surface area contributed by atoms with E-state index >= 15 is 0 Å². The van der Waals surface area contributed by atoms with Gasteiger partial charge in [-0.2, -0.15) is 4.36 Å². The molecule has 3 amide bonds. The number of carbonyl (C=O) groups excluding carboxylic acids is 3. The van der Waals surface area contributed by atoms with Crippen LogP contribution >= 0.6 is 39.1 Å². The summed E-state index contributed by atoms with van der Waals surface area (Å²) in [5, 5.41) is 6.42. The summed E-state index contributed by atoms with van der Waals surface area (Å²) in [5.74, 6) is -1.17. The number of alkyl halides is 1. The van der Waals surface area contributed by atoms with Gasteiger partial charge in [-0.25, -0.2) is 9.19 Å². The lowest BCUT2D eigenvalue weighted by atomic mass is 10.1. The van der Waals surface area contributed by atoms with Crippen molar-refractivity contribution >= 4 is 78.1 Å². The number of pyridine rings is 1. The summed E-state index contributed by atoms with van der Waals surface area (Å²) in [7, 11) is -2.96. The Balaban J connectivity index is 1.84. The summed E-state index contributed by atoms with van der Waals surface area (Å²) in [6.45, 7) is 1.23. The van der Waals surface area contributed by atoms with Crippen LogP contribution in [-0.4, -0.2) is 38.0 Å². The molecule has 2 aromatic carbocycles. The van der Waals surface area contributed by atoms with Gasteiger partial charge in [0, 0.05) is 39.7 Å². The lowest BCUT2D eigenvalue weighted by Crippen LogP contribution is -2.19. The van der Waals surface area contributed by atoms with Crippen LogP contribution in [0.3, 0.4) is 0 Å². The Bertz CT molecular complexity index is 1390. The first-order valence-electron chi connectivity index (χ1n) is 10.1. The highest BCUT2D eigenvalue weighted by Crippen LogP contribution is 2.24. The Hall–Kier alpha value is -2.79. The molecule has 8 nitrogen and oxygen atoms in total. The van der Waals surface area contributed by atoms with Gasteiger partial charge < -0.3 is 10.6 Å². The van der Waals surface area contributed by atoms with E-state index in [0.29, 0.717) is 20.3 Å². The lowest BCUT2D eigenvalue weighted by Gasteiger charge is -2.13. The summed E-state index contributed by atoms with van der Waals surface area (Å²) in [6.07, 6.45) is 1.39. The smallest absolute Gasteiger partial charge is 0.258 e. The van der Waals surface area contributed by atoms with Crippen molar-refractivity contribution in [3.05, 3.63) is 82.0 Å². The monoisotopic (exact) mass is 596 g/mol. The summed E-state index contributed by atoms with van der Waals surface area (Å²) >= 11 is 15.1. The maximum Gasteiger partial charge on any atom is 0.258 e. The van der Waals surface area contributed by atoms with E-state index < -0.39 is 27.5 Å². The van der Waals surface area contributed by atoms with Crippen molar-refractivity contribution in [1.82, 2.24) is 4.98 Å². The third kappa shape index (κ3) is 7.11. The molecule has 0 aliphatic rings. The topological polar surface area (TPSA) is 118 Å². The molecule has 0 aliphatic carbocycles. The van der Waals surface area contributed by atoms with Crippen LogP contribution in [0.5, 0.6) is 0 Å². The molecule has 0 spiro atoms. The number of halogens is 3. The van der Waals surface area contributed by atoms with E-state index in [1.807, 2.05) is 0 Å².